The molecule has 16 heavy (non-hydrogen) atoms. The Morgan fingerprint density at radius 3 is 2.75 bits per heavy atom. The molecule has 0 aromatic rings. The van der Waals surface area contributed by atoms with Gasteiger partial charge in [0.1, 0.15) is 0 Å². The number of aliphatic carboxylic acids is 1. The second-order valence-corrected chi connectivity index (χ2v) is 2.88. The minimum absolute atomic E-state index is 0.0515. The van der Waals surface area contributed by atoms with Crippen molar-refractivity contribution in [2.45, 2.75) is 0 Å². The standard InChI is InChI=1S/C11H8N2O3/c12-13-9-7-8(5-6-10(9)14)3-1-2-4-11(15)16/h1-7H,(H,15,16)/b3-1+,4-2+. The van der Waals surface area contributed by atoms with Crippen LogP contribution in [0.4, 0.5) is 0 Å². The first-order valence-corrected chi connectivity index (χ1v) is 4.37. The average Bonchev–Trinajstić information content (AvgIpc) is 2.26. The molecule has 0 atom stereocenters. The zero-order chi connectivity index (χ0) is 12.0. The van der Waals surface area contributed by atoms with Gasteiger partial charge in [-0.3, -0.25) is 4.79 Å². The first kappa shape index (κ1) is 11.6. The molecule has 80 valence electrons. The zero-order valence-corrected chi connectivity index (χ0v) is 8.20. The molecule has 0 fully saturated rings. The predicted octanol–water partition coefficient (Wildman–Crippen LogP) is 0.919. The molecule has 0 heterocycles. The third-order valence-electron chi connectivity index (χ3n) is 1.73. The molecule has 0 aromatic heterocycles. The van der Waals surface area contributed by atoms with Crippen LogP contribution in [0.5, 0.6) is 0 Å². The molecule has 0 amide bonds. The number of carboxylic acid groups (broad SMARTS) is 1. The van der Waals surface area contributed by atoms with Crippen molar-refractivity contribution < 1.29 is 19.5 Å². The third kappa shape index (κ3) is 3.32. The minimum Gasteiger partial charge on any atom is -0.478 e. The number of ketones is 1. The summed E-state index contributed by atoms with van der Waals surface area (Å²) in [5, 5.41) is 8.32. The van der Waals surface area contributed by atoms with E-state index < -0.39 is 5.97 Å². The van der Waals surface area contributed by atoms with Crippen molar-refractivity contribution in [2.75, 3.05) is 0 Å². The monoisotopic (exact) mass is 216 g/mol. The van der Waals surface area contributed by atoms with Gasteiger partial charge >= 0.3 is 11.7 Å². The van der Waals surface area contributed by atoms with Crippen molar-refractivity contribution in [2.24, 2.45) is 0 Å². The van der Waals surface area contributed by atoms with Crippen molar-refractivity contribution >= 4 is 17.5 Å². The van der Waals surface area contributed by atoms with E-state index in [0.29, 0.717) is 5.57 Å². The maximum Gasteiger partial charge on any atom is 0.362 e. The lowest BCUT2D eigenvalue weighted by Crippen LogP contribution is -2.12. The van der Waals surface area contributed by atoms with Crippen LogP contribution in [0.3, 0.4) is 0 Å². The molecule has 1 aliphatic carbocycles. The number of carboxylic acids is 1. The summed E-state index contributed by atoms with van der Waals surface area (Å²) < 4.78 is 0. The van der Waals surface area contributed by atoms with Crippen LogP contribution in [-0.4, -0.2) is 27.4 Å². The lowest BCUT2D eigenvalue weighted by Gasteiger charge is -1.95. The Bertz CT molecular complexity index is 489. The Morgan fingerprint density at radius 2 is 2.12 bits per heavy atom. The third-order valence-corrected chi connectivity index (χ3v) is 1.73. The van der Waals surface area contributed by atoms with Crippen molar-refractivity contribution in [1.82, 2.24) is 0 Å². The second kappa shape index (κ2) is 5.38. The topological polar surface area (TPSA) is 90.8 Å². The molecule has 0 aliphatic heterocycles. The van der Waals surface area contributed by atoms with Gasteiger partial charge in [-0.1, -0.05) is 24.3 Å². The molecule has 0 saturated carbocycles. The van der Waals surface area contributed by atoms with Crippen molar-refractivity contribution in [3.05, 3.63) is 53.6 Å². The molecule has 1 rings (SSSR count). The highest BCUT2D eigenvalue weighted by Crippen LogP contribution is 2.06. The van der Waals surface area contributed by atoms with E-state index in [1.54, 1.807) is 12.2 Å². The van der Waals surface area contributed by atoms with E-state index in [4.69, 9.17) is 10.6 Å². The van der Waals surface area contributed by atoms with Crippen LogP contribution in [0.2, 0.25) is 0 Å². The van der Waals surface area contributed by atoms with E-state index in [9.17, 15) is 9.59 Å². The minimum atomic E-state index is -1.04. The number of allylic oxidation sites excluding steroid dienone is 7. The molecule has 0 unspecified atom stereocenters. The number of hydrogen-bond donors (Lipinski definition) is 1. The maximum absolute atomic E-state index is 11.1. The summed E-state index contributed by atoms with van der Waals surface area (Å²) >= 11 is 0. The van der Waals surface area contributed by atoms with Crippen LogP contribution in [0.25, 0.3) is 5.53 Å². The predicted molar refractivity (Wildman–Crippen MR) is 56.8 cm³/mol. The zero-order valence-electron chi connectivity index (χ0n) is 8.20. The molecule has 0 radical (unpaired) electrons. The molecule has 1 aliphatic rings. The van der Waals surface area contributed by atoms with Gasteiger partial charge in [-0.15, -0.1) is 0 Å². The van der Waals surface area contributed by atoms with Gasteiger partial charge in [0.05, 0.1) is 0 Å². The fourth-order valence-electron chi connectivity index (χ4n) is 1.02. The molecule has 5 nitrogen and oxygen atoms in total. The molecule has 0 spiro atoms. The number of carbonyl (C=O) groups excluding carboxylic acids is 1. The fourth-order valence-corrected chi connectivity index (χ4v) is 1.02. The lowest BCUT2D eigenvalue weighted by atomic mass is 10.0. The highest BCUT2D eigenvalue weighted by Gasteiger charge is 2.17. The van der Waals surface area contributed by atoms with E-state index in [1.165, 1.54) is 24.3 Å². The SMILES string of the molecule is [N-]=[N+]=C1C=C(/C=C/C=C/C(=O)O)C=CC1=O. The Kier molecular flexibility index (Phi) is 3.89. The van der Waals surface area contributed by atoms with E-state index in [1.807, 2.05) is 0 Å². The summed E-state index contributed by atoms with van der Waals surface area (Å²) in [6.07, 6.45) is 9.65. The van der Waals surface area contributed by atoms with Gasteiger partial charge in [-0.2, -0.15) is 4.79 Å². The fraction of sp³-hybridized carbons (Fsp3) is 0. The van der Waals surface area contributed by atoms with Crippen LogP contribution in [0.1, 0.15) is 0 Å². The van der Waals surface area contributed by atoms with E-state index in [0.717, 1.165) is 6.08 Å². The van der Waals surface area contributed by atoms with Crippen molar-refractivity contribution in [1.29, 1.82) is 0 Å². The Labute approximate surface area is 91.3 Å². The Morgan fingerprint density at radius 1 is 1.38 bits per heavy atom. The number of rotatable bonds is 3. The molecular formula is C11H8N2O3. The van der Waals surface area contributed by atoms with E-state index in [-0.39, 0.29) is 11.5 Å². The van der Waals surface area contributed by atoms with Gasteiger partial charge in [-0.25, -0.2) is 4.79 Å². The highest BCUT2D eigenvalue weighted by molar-refractivity contribution is 6.46. The van der Waals surface area contributed by atoms with Crippen molar-refractivity contribution in [3.63, 3.8) is 0 Å². The summed E-state index contributed by atoms with van der Waals surface area (Å²) in [7, 11) is 0. The van der Waals surface area contributed by atoms with Crippen molar-refractivity contribution in [3.8, 4) is 0 Å². The maximum atomic E-state index is 11.1. The smallest absolute Gasteiger partial charge is 0.362 e. The summed E-state index contributed by atoms with van der Waals surface area (Å²) in [6.45, 7) is 0. The molecule has 0 bridgehead atoms. The summed E-state index contributed by atoms with van der Waals surface area (Å²) in [5.74, 6) is -1.41. The van der Waals surface area contributed by atoms with Crippen LogP contribution >= 0.6 is 0 Å². The van der Waals surface area contributed by atoms with Gasteiger partial charge in [0.2, 0.25) is 0 Å². The number of carbonyl (C=O) groups is 2. The van der Waals surface area contributed by atoms with E-state index in [2.05, 4.69) is 4.79 Å². The molecule has 1 N–H and O–H groups in total. The van der Waals surface area contributed by atoms with Crippen LogP contribution in [0.15, 0.2) is 48.1 Å². The molecular weight excluding hydrogens is 208 g/mol. The normalized spacial score (nSPS) is 15.6. The van der Waals surface area contributed by atoms with Crippen LogP contribution < -0.4 is 0 Å². The highest BCUT2D eigenvalue weighted by atomic mass is 16.4. The summed E-state index contributed by atoms with van der Waals surface area (Å²) in [6, 6.07) is 0. The first-order valence-electron chi connectivity index (χ1n) is 4.37. The lowest BCUT2D eigenvalue weighted by molar-refractivity contribution is -0.131. The Hall–Kier alpha value is -2.52. The van der Waals surface area contributed by atoms with Crippen LogP contribution in [-0.2, 0) is 9.59 Å². The average molecular weight is 216 g/mol. The number of nitrogens with zero attached hydrogens (tertiary/aromatic N) is 2. The Balaban J connectivity index is 2.77. The molecule has 0 aromatic carbocycles. The molecule has 0 saturated heterocycles. The van der Waals surface area contributed by atoms with Gasteiger partial charge in [-0.05, 0) is 11.6 Å². The first-order chi connectivity index (χ1) is 7.63. The van der Waals surface area contributed by atoms with Gasteiger partial charge in [0, 0.05) is 12.2 Å². The quantitative estimate of drug-likeness (QED) is 0.250. The summed E-state index contributed by atoms with van der Waals surface area (Å²) in [5.41, 5.74) is 9.09. The van der Waals surface area contributed by atoms with Gasteiger partial charge in [0.15, 0.2) is 0 Å². The summed E-state index contributed by atoms with van der Waals surface area (Å²) in [4.78, 5) is 24.0. The van der Waals surface area contributed by atoms with Crippen LogP contribution in [0, 0.1) is 0 Å². The van der Waals surface area contributed by atoms with Gasteiger partial charge < -0.3 is 10.6 Å². The largest absolute Gasteiger partial charge is 0.478 e. The van der Waals surface area contributed by atoms with Gasteiger partial charge in [0.25, 0.3) is 5.78 Å². The number of hydrogen-bond acceptors (Lipinski definition) is 2. The molecule has 5 heteroatoms. The van der Waals surface area contributed by atoms with E-state index >= 15 is 0 Å². The second-order valence-electron chi connectivity index (χ2n) is 2.88.